The SMILES string of the molecule is CC(C)c1nc2n(n1)C(C1CCCNC1)CCN2. The lowest BCUT2D eigenvalue weighted by molar-refractivity contribution is 0.234. The molecule has 1 fully saturated rings. The highest BCUT2D eigenvalue weighted by molar-refractivity contribution is 5.29. The standard InChI is InChI=1S/C13H23N5/c1-9(2)12-16-13-15-7-5-11(18(13)17-12)10-4-3-6-14-8-10/h9-11,14H,3-8H2,1-2H3,(H,15,16,17). The zero-order chi connectivity index (χ0) is 12.5. The average molecular weight is 249 g/mol. The van der Waals surface area contributed by atoms with E-state index in [9.17, 15) is 0 Å². The van der Waals surface area contributed by atoms with Crippen LogP contribution in [0.3, 0.4) is 0 Å². The quantitative estimate of drug-likeness (QED) is 0.838. The molecule has 0 aliphatic carbocycles. The van der Waals surface area contributed by atoms with Gasteiger partial charge >= 0.3 is 0 Å². The van der Waals surface area contributed by atoms with Gasteiger partial charge < -0.3 is 10.6 Å². The number of nitrogens with zero attached hydrogens (tertiary/aromatic N) is 3. The van der Waals surface area contributed by atoms with E-state index in [4.69, 9.17) is 5.10 Å². The molecule has 0 radical (unpaired) electrons. The predicted molar refractivity (Wildman–Crippen MR) is 71.8 cm³/mol. The second-order valence-corrected chi connectivity index (χ2v) is 5.78. The summed E-state index contributed by atoms with van der Waals surface area (Å²) in [6, 6.07) is 0.522. The predicted octanol–water partition coefficient (Wildman–Crippen LogP) is 1.76. The molecular weight excluding hydrogens is 226 g/mol. The van der Waals surface area contributed by atoms with Gasteiger partial charge in [0.05, 0.1) is 6.04 Å². The first-order valence-corrected chi connectivity index (χ1v) is 7.16. The Bertz CT molecular complexity index is 406. The molecule has 0 saturated carbocycles. The van der Waals surface area contributed by atoms with Crippen molar-refractivity contribution in [2.24, 2.45) is 5.92 Å². The summed E-state index contributed by atoms with van der Waals surface area (Å²) in [6.07, 6.45) is 3.77. The van der Waals surface area contributed by atoms with Gasteiger partial charge in [-0.15, -0.1) is 0 Å². The third-order valence-corrected chi connectivity index (χ3v) is 4.08. The molecule has 2 unspecified atom stereocenters. The fourth-order valence-electron chi connectivity index (χ4n) is 3.03. The van der Waals surface area contributed by atoms with Gasteiger partial charge in [0.2, 0.25) is 5.95 Å². The molecule has 3 heterocycles. The van der Waals surface area contributed by atoms with Crippen molar-refractivity contribution in [2.45, 2.75) is 45.1 Å². The number of piperidine rings is 1. The third kappa shape index (κ3) is 2.11. The van der Waals surface area contributed by atoms with Crippen molar-refractivity contribution < 1.29 is 0 Å². The Labute approximate surface area is 108 Å². The van der Waals surface area contributed by atoms with E-state index in [1.165, 1.54) is 25.8 Å². The van der Waals surface area contributed by atoms with Crippen LogP contribution >= 0.6 is 0 Å². The number of aromatic nitrogens is 3. The maximum absolute atomic E-state index is 4.72. The van der Waals surface area contributed by atoms with Crippen LogP contribution in [0.5, 0.6) is 0 Å². The number of anilines is 1. The van der Waals surface area contributed by atoms with Gasteiger partial charge in [-0.1, -0.05) is 13.8 Å². The van der Waals surface area contributed by atoms with E-state index in [2.05, 4.69) is 34.1 Å². The first kappa shape index (κ1) is 12.0. The minimum absolute atomic E-state index is 0.398. The maximum Gasteiger partial charge on any atom is 0.221 e. The monoisotopic (exact) mass is 249 g/mol. The van der Waals surface area contributed by atoms with Crippen LogP contribution in [0, 0.1) is 5.92 Å². The smallest absolute Gasteiger partial charge is 0.221 e. The zero-order valence-electron chi connectivity index (χ0n) is 11.3. The lowest BCUT2D eigenvalue weighted by Gasteiger charge is -2.34. The molecule has 5 nitrogen and oxygen atoms in total. The molecule has 0 spiro atoms. The van der Waals surface area contributed by atoms with E-state index in [0.717, 1.165) is 24.9 Å². The van der Waals surface area contributed by atoms with Crippen molar-refractivity contribution in [3.8, 4) is 0 Å². The van der Waals surface area contributed by atoms with Crippen LogP contribution in [0.25, 0.3) is 0 Å². The molecule has 1 saturated heterocycles. The Balaban J connectivity index is 1.86. The van der Waals surface area contributed by atoms with Crippen LogP contribution in [0.4, 0.5) is 5.95 Å². The van der Waals surface area contributed by atoms with Gasteiger partial charge in [-0.2, -0.15) is 10.1 Å². The van der Waals surface area contributed by atoms with Crippen molar-refractivity contribution in [2.75, 3.05) is 25.0 Å². The summed E-state index contributed by atoms with van der Waals surface area (Å²) in [5, 5.41) is 11.6. The Morgan fingerprint density at radius 3 is 2.89 bits per heavy atom. The Hall–Kier alpha value is -1.10. The number of rotatable bonds is 2. The van der Waals surface area contributed by atoms with Gasteiger partial charge in [-0.25, -0.2) is 4.68 Å². The number of nitrogens with one attached hydrogen (secondary N) is 2. The lowest BCUT2D eigenvalue weighted by atomic mass is 9.89. The molecule has 100 valence electrons. The zero-order valence-corrected chi connectivity index (χ0v) is 11.3. The van der Waals surface area contributed by atoms with Crippen LogP contribution in [-0.2, 0) is 0 Å². The van der Waals surface area contributed by atoms with Crippen LogP contribution in [0.2, 0.25) is 0 Å². The van der Waals surface area contributed by atoms with E-state index in [-0.39, 0.29) is 0 Å². The van der Waals surface area contributed by atoms with Gasteiger partial charge in [0.15, 0.2) is 5.82 Å². The van der Waals surface area contributed by atoms with Gasteiger partial charge in [-0.3, -0.25) is 0 Å². The number of hydrogen-bond acceptors (Lipinski definition) is 4. The van der Waals surface area contributed by atoms with Crippen LogP contribution < -0.4 is 10.6 Å². The Morgan fingerprint density at radius 2 is 2.17 bits per heavy atom. The van der Waals surface area contributed by atoms with Crippen molar-refractivity contribution in [3.05, 3.63) is 5.82 Å². The van der Waals surface area contributed by atoms with Gasteiger partial charge in [0, 0.05) is 12.5 Å². The van der Waals surface area contributed by atoms with Crippen molar-refractivity contribution in [3.63, 3.8) is 0 Å². The molecule has 2 aliphatic heterocycles. The van der Waals surface area contributed by atoms with E-state index in [1.54, 1.807) is 0 Å². The first-order valence-electron chi connectivity index (χ1n) is 7.16. The highest BCUT2D eigenvalue weighted by atomic mass is 15.4. The fraction of sp³-hybridized carbons (Fsp3) is 0.846. The lowest BCUT2D eigenvalue weighted by Crippen LogP contribution is -2.38. The van der Waals surface area contributed by atoms with Gasteiger partial charge in [0.1, 0.15) is 0 Å². The average Bonchev–Trinajstić information content (AvgIpc) is 2.83. The molecule has 2 N–H and O–H groups in total. The normalized spacial score (nSPS) is 27.9. The largest absolute Gasteiger partial charge is 0.354 e. The molecule has 1 aromatic rings. The summed E-state index contributed by atoms with van der Waals surface area (Å²) >= 11 is 0. The summed E-state index contributed by atoms with van der Waals surface area (Å²) in [6.45, 7) is 7.62. The van der Waals surface area contributed by atoms with E-state index < -0.39 is 0 Å². The second-order valence-electron chi connectivity index (χ2n) is 5.78. The minimum Gasteiger partial charge on any atom is -0.354 e. The minimum atomic E-state index is 0.398. The van der Waals surface area contributed by atoms with E-state index >= 15 is 0 Å². The molecule has 1 aromatic heterocycles. The molecule has 0 bridgehead atoms. The second kappa shape index (κ2) is 4.88. The van der Waals surface area contributed by atoms with E-state index in [0.29, 0.717) is 17.9 Å². The molecule has 0 aromatic carbocycles. The summed E-state index contributed by atoms with van der Waals surface area (Å²) in [7, 11) is 0. The maximum atomic E-state index is 4.72. The highest BCUT2D eigenvalue weighted by Crippen LogP contribution is 2.32. The van der Waals surface area contributed by atoms with Crippen LogP contribution in [0.15, 0.2) is 0 Å². The summed E-state index contributed by atoms with van der Waals surface area (Å²) in [5.74, 6) is 3.05. The van der Waals surface area contributed by atoms with Crippen molar-refractivity contribution >= 4 is 5.95 Å². The molecule has 2 aliphatic rings. The summed E-state index contributed by atoms with van der Waals surface area (Å²) in [4.78, 5) is 4.62. The molecular formula is C13H23N5. The Morgan fingerprint density at radius 1 is 1.28 bits per heavy atom. The molecule has 18 heavy (non-hydrogen) atoms. The van der Waals surface area contributed by atoms with E-state index in [1.807, 2.05) is 0 Å². The highest BCUT2D eigenvalue weighted by Gasteiger charge is 2.31. The van der Waals surface area contributed by atoms with Crippen molar-refractivity contribution in [1.29, 1.82) is 0 Å². The Kier molecular flexibility index (Phi) is 3.24. The third-order valence-electron chi connectivity index (χ3n) is 4.08. The topological polar surface area (TPSA) is 54.8 Å². The van der Waals surface area contributed by atoms with Crippen molar-refractivity contribution in [1.82, 2.24) is 20.1 Å². The van der Waals surface area contributed by atoms with Gasteiger partial charge in [-0.05, 0) is 38.3 Å². The summed E-state index contributed by atoms with van der Waals surface area (Å²) in [5.41, 5.74) is 0. The van der Waals surface area contributed by atoms with Gasteiger partial charge in [0.25, 0.3) is 0 Å². The first-order chi connectivity index (χ1) is 8.75. The molecule has 5 heteroatoms. The molecule has 0 amide bonds. The molecule has 3 rings (SSSR count). The number of hydrogen-bond donors (Lipinski definition) is 2. The fourth-order valence-corrected chi connectivity index (χ4v) is 3.03. The van der Waals surface area contributed by atoms with Crippen LogP contribution in [-0.4, -0.2) is 34.4 Å². The number of fused-ring (bicyclic) bond motifs is 1. The molecule has 2 atom stereocenters. The summed E-state index contributed by atoms with van der Waals surface area (Å²) < 4.78 is 2.15. The van der Waals surface area contributed by atoms with Crippen LogP contribution in [0.1, 0.15) is 50.9 Å².